The Balaban J connectivity index is 1.80. The van der Waals surface area contributed by atoms with Crippen LogP contribution < -0.4 is 10.0 Å². The van der Waals surface area contributed by atoms with Crippen molar-refractivity contribution in [3.63, 3.8) is 0 Å². The summed E-state index contributed by atoms with van der Waals surface area (Å²) in [6.07, 6.45) is 0. The van der Waals surface area contributed by atoms with E-state index in [0.29, 0.717) is 10.7 Å². The molecule has 0 aliphatic heterocycles. The van der Waals surface area contributed by atoms with Crippen LogP contribution in [-0.4, -0.2) is 14.3 Å². The highest BCUT2D eigenvalue weighted by Gasteiger charge is 2.18. The molecule has 0 saturated heterocycles. The molecule has 0 radical (unpaired) electrons. The van der Waals surface area contributed by atoms with Gasteiger partial charge in [0.15, 0.2) is 0 Å². The summed E-state index contributed by atoms with van der Waals surface area (Å²) in [7, 11) is -4.01. The molecular formula is C19H12BrCl2FN2O3S. The van der Waals surface area contributed by atoms with E-state index in [0.717, 1.165) is 16.6 Å². The summed E-state index contributed by atoms with van der Waals surface area (Å²) in [4.78, 5) is 12.0. The molecule has 5 nitrogen and oxygen atoms in total. The van der Waals surface area contributed by atoms with Gasteiger partial charge in [0, 0.05) is 15.2 Å². The summed E-state index contributed by atoms with van der Waals surface area (Å²) in [5.74, 6) is -1.57. The van der Waals surface area contributed by atoms with Gasteiger partial charge in [-0.05, 0) is 60.7 Å². The molecule has 0 saturated carbocycles. The van der Waals surface area contributed by atoms with E-state index in [1.807, 2.05) is 0 Å². The van der Waals surface area contributed by atoms with Crippen LogP contribution in [0.25, 0.3) is 0 Å². The molecule has 0 atom stereocenters. The van der Waals surface area contributed by atoms with Crippen molar-refractivity contribution >= 4 is 66.4 Å². The van der Waals surface area contributed by atoms with E-state index in [-0.39, 0.29) is 21.2 Å². The molecule has 29 heavy (non-hydrogen) atoms. The van der Waals surface area contributed by atoms with Crippen LogP contribution in [0.5, 0.6) is 0 Å². The quantitative estimate of drug-likeness (QED) is 0.439. The van der Waals surface area contributed by atoms with Crippen LogP contribution in [0, 0.1) is 5.82 Å². The number of amides is 1. The fraction of sp³-hybridized carbons (Fsp3) is 0. The molecule has 0 unspecified atom stereocenters. The second kappa shape index (κ2) is 8.71. The fourth-order valence-electron chi connectivity index (χ4n) is 2.36. The zero-order valence-corrected chi connectivity index (χ0v) is 18.3. The van der Waals surface area contributed by atoms with Crippen molar-refractivity contribution in [2.45, 2.75) is 4.90 Å². The number of nitrogens with one attached hydrogen (secondary N) is 2. The molecule has 0 aromatic heterocycles. The highest BCUT2D eigenvalue weighted by molar-refractivity contribution is 9.10. The predicted octanol–water partition coefficient (Wildman–Crippen LogP) is 5.95. The van der Waals surface area contributed by atoms with Crippen molar-refractivity contribution < 1.29 is 17.6 Å². The van der Waals surface area contributed by atoms with Gasteiger partial charge in [0.1, 0.15) is 5.82 Å². The molecular weight excluding hydrogens is 506 g/mol. The van der Waals surface area contributed by atoms with E-state index in [2.05, 4.69) is 26.0 Å². The van der Waals surface area contributed by atoms with Crippen LogP contribution in [0.3, 0.4) is 0 Å². The van der Waals surface area contributed by atoms with Gasteiger partial charge in [-0.3, -0.25) is 9.52 Å². The second-order valence-corrected chi connectivity index (χ2v) is 9.27. The van der Waals surface area contributed by atoms with Crippen LogP contribution in [0.15, 0.2) is 70.0 Å². The molecule has 1 amide bonds. The molecule has 0 fully saturated rings. The molecule has 0 bridgehead atoms. The Morgan fingerprint density at radius 2 is 1.66 bits per heavy atom. The molecule has 10 heteroatoms. The van der Waals surface area contributed by atoms with Gasteiger partial charge in [0.25, 0.3) is 15.9 Å². The first-order chi connectivity index (χ1) is 13.7. The van der Waals surface area contributed by atoms with Gasteiger partial charge in [-0.1, -0.05) is 39.1 Å². The Morgan fingerprint density at radius 1 is 0.966 bits per heavy atom. The number of carbonyl (C=O) groups excluding carboxylic acids is 1. The van der Waals surface area contributed by atoms with E-state index in [4.69, 9.17) is 23.2 Å². The molecule has 0 aliphatic carbocycles. The van der Waals surface area contributed by atoms with Gasteiger partial charge in [0.05, 0.1) is 21.2 Å². The Morgan fingerprint density at radius 3 is 2.28 bits per heavy atom. The van der Waals surface area contributed by atoms with Gasteiger partial charge in [0.2, 0.25) is 0 Å². The van der Waals surface area contributed by atoms with Crippen molar-refractivity contribution in [1.29, 1.82) is 0 Å². The van der Waals surface area contributed by atoms with Crippen molar-refractivity contribution in [3.05, 3.63) is 86.6 Å². The minimum atomic E-state index is -4.01. The van der Waals surface area contributed by atoms with Gasteiger partial charge in [-0.15, -0.1) is 0 Å². The summed E-state index contributed by atoms with van der Waals surface area (Å²) in [5.41, 5.74) is 0.232. The minimum Gasteiger partial charge on any atom is -0.319 e. The third kappa shape index (κ3) is 5.27. The number of rotatable bonds is 5. The second-order valence-electron chi connectivity index (χ2n) is 5.83. The van der Waals surface area contributed by atoms with E-state index in [1.54, 1.807) is 24.3 Å². The smallest absolute Gasteiger partial charge is 0.261 e. The summed E-state index contributed by atoms with van der Waals surface area (Å²) in [6, 6.07) is 13.9. The van der Waals surface area contributed by atoms with E-state index in [1.165, 1.54) is 24.3 Å². The van der Waals surface area contributed by atoms with Crippen molar-refractivity contribution in [2.75, 3.05) is 10.0 Å². The number of benzene rings is 3. The number of carbonyl (C=O) groups is 1. The lowest BCUT2D eigenvalue weighted by molar-refractivity contribution is 0.102. The van der Waals surface area contributed by atoms with Crippen molar-refractivity contribution in [3.8, 4) is 0 Å². The maximum absolute atomic E-state index is 14.4. The number of hydrogen-bond acceptors (Lipinski definition) is 3. The topological polar surface area (TPSA) is 75.3 Å². The van der Waals surface area contributed by atoms with Gasteiger partial charge in [-0.2, -0.15) is 0 Å². The zero-order chi connectivity index (χ0) is 21.2. The largest absolute Gasteiger partial charge is 0.319 e. The maximum Gasteiger partial charge on any atom is 0.261 e. The van der Waals surface area contributed by atoms with Crippen LogP contribution in [0.4, 0.5) is 15.8 Å². The zero-order valence-electron chi connectivity index (χ0n) is 14.4. The molecule has 2 N–H and O–H groups in total. The Bertz CT molecular complexity index is 1190. The van der Waals surface area contributed by atoms with Crippen LogP contribution in [-0.2, 0) is 10.0 Å². The molecule has 0 heterocycles. The average Bonchev–Trinajstić information content (AvgIpc) is 2.65. The van der Waals surface area contributed by atoms with Crippen LogP contribution in [0.2, 0.25) is 10.0 Å². The lowest BCUT2D eigenvalue weighted by Crippen LogP contribution is -2.15. The van der Waals surface area contributed by atoms with Crippen LogP contribution in [0.1, 0.15) is 10.4 Å². The average molecular weight is 518 g/mol. The third-order valence-electron chi connectivity index (χ3n) is 3.77. The summed E-state index contributed by atoms with van der Waals surface area (Å²) in [6.45, 7) is 0. The van der Waals surface area contributed by atoms with E-state index in [9.17, 15) is 17.6 Å². The number of hydrogen-bond donors (Lipinski definition) is 2. The van der Waals surface area contributed by atoms with E-state index >= 15 is 0 Å². The molecule has 3 aromatic carbocycles. The highest BCUT2D eigenvalue weighted by Crippen LogP contribution is 2.25. The first kappa shape index (κ1) is 21.6. The predicted molar refractivity (Wildman–Crippen MR) is 116 cm³/mol. The maximum atomic E-state index is 14.4. The fourth-order valence-corrected chi connectivity index (χ4v) is 4.19. The first-order valence-corrected chi connectivity index (χ1v) is 11.0. The number of sulfonamides is 1. The van der Waals surface area contributed by atoms with Crippen molar-refractivity contribution in [2.24, 2.45) is 0 Å². The minimum absolute atomic E-state index is 0.101. The van der Waals surface area contributed by atoms with Gasteiger partial charge in [-0.25, -0.2) is 12.8 Å². The normalized spacial score (nSPS) is 11.2. The lowest BCUT2D eigenvalue weighted by Gasteiger charge is -2.11. The summed E-state index contributed by atoms with van der Waals surface area (Å²) >= 11 is 15.0. The number of anilines is 2. The Labute approximate surface area is 185 Å². The van der Waals surface area contributed by atoms with Crippen molar-refractivity contribution in [1.82, 2.24) is 0 Å². The molecule has 0 spiro atoms. The highest BCUT2D eigenvalue weighted by atomic mass is 79.9. The SMILES string of the molecule is O=C(Nc1ccc(S(=O)(=O)Nc2ccc(Br)cc2)cc1F)c1ccc(Cl)cc1Cl. The lowest BCUT2D eigenvalue weighted by atomic mass is 10.2. The molecule has 3 aromatic rings. The molecule has 150 valence electrons. The molecule has 0 aliphatic rings. The monoisotopic (exact) mass is 516 g/mol. The first-order valence-electron chi connectivity index (χ1n) is 8.00. The van der Waals surface area contributed by atoms with Crippen LogP contribution >= 0.6 is 39.1 Å². The summed E-state index contributed by atoms with van der Waals surface area (Å²) in [5, 5.41) is 2.82. The standard InChI is InChI=1S/C19H12BrCl2FN2O3S/c20-11-1-4-13(5-2-11)25-29(27,28)14-6-8-18(17(23)10-14)24-19(26)15-7-3-12(21)9-16(15)22/h1-10,25H,(H,24,26). The number of halogens is 4. The Hall–Kier alpha value is -2.13. The third-order valence-corrected chi connectivity index (χ3v) is 6.23. The summed E-state index contributed by atoms with van der Waals surface area (Å²) < 4.78 is 42.5. The van der Waals surface area contributed by atoms with Gasteiger partial charge < -0.3 is 5.32 Å². The van der Waals surface area contributed by atoms with Gasteiger partial charge >= 0.3 is 0 Å². The molecule has 3 rings (SSSR count). The Kier molecular flexibility index (Phi) is 6.48. The van der Waals surface area contributed by atoms with E-state index < -0.39 is 21.7 Å².